The molecule has 0 amide bonds. The molecule has 1 atom stereocenters. The van der Waals surface area contributed by atoms with Crippen molar-refractivity contribution in [2.75, 3.05) is 7.05 Å². The molecule has 4 heteroatoms. The van der Waals surface area contributed by atoms with E-state index in [1.54, 1.807) is 0 Å². The van der Waals surface area contributed by atoms with Crippen LogP contribution in [-0.4, -0.2) is 23.2 Å². The molecule has 1 aliphatic heterocycles. The molecule has 4 nitrogen and oxygen atoms in total. The summed E-state index contributed by atoms with van der Waals surface area (Å²) in [6.07, 6.45) is 4.52. The summed E-state index contributed by atoms with van der Waals surface area (Å²) in [5.41, 5.74) is 1.04. The highest BCUT2D eigenvalue weighted by Crippen LogP contribution is 2.26. The summed E-state index contributed by atoms with van der Waals surface area (Å²) < 4.78 is 0. The largest absolute Gasteiger partial charge is 0.391 e. The molecule has 1 aromatic rings. The molecule has 0 aliphatic carbocycles. The molecule has 0 saturated carbocycles. The standard InChI is InChI=1S/C15H17N3O/c1-13(15(12-16)9-6-10-18(15)2)17-19-11-14-7-4-3-5-8-14/h3-8,10H,9,11H2,1-2H3/b17-13+. The first-order valence-electron chi connectivity index (χ1n) is 6.21. The van der Waals surface area contributed by atoms with Gasteiger partial charge in [0, 0.05) is 13.5 Å². The van der Waals surface area contributed by atoms with Crippen LogP contribution in [0.2, 0.25) is 0 Å². The van der Waals surface area contributed by atoms with E-state index in [1.807, 2.05) is 61.5 Å². The summed E-state index contributed by atoms with van der Waals surface area (Å²) in [4.78, 5) is 7.22. The van der Waals surface area contributed by atoms with Crippen molar-refractivity contribution < 1.29 is 4.84 Å². The van der Waals surface area contributed by atoms with Crippen molar-refractivity contribution >= 4 is 5.71 Å². The summed E-state index contributed by atoms with van der Waals surface area (Å²) in [7, 11) is 1.88. The van der Waals surface area contributed by atoms with Crippen molar-refractivity contribution in [1.29, 1.82) is 5.26 Å². The van der Waals surface area contributed by atoms with Gasteiger partial charge in [-0.05, 0) is 18.7 Å². The molecular formula is C15H17N3O. The molecule has 2 rings (SSSR count). The predicted molar refractivity (Wildman–Crippen MR) is 74.2 cm³/mol. The number of benzene rings is 1. The van der Waals surface area contributed by atoms with Crippen molar-refractivity contribution in [2.24, 2.45) is 5.16 Å². The Hall–Kier alpha value is -2.28. The van der Waals surface area contributed by atoms with Gasteiger partial charge < -0.3 is 9.74 Å². The Morgan fingerprint density at radius 2 is 2.21 bits per heavy atom. The number of nitriles is 1. The fraction of sp³-hybridized carbons (Fsp3) is 0.333. The molecule has 0 aromatic heterocycles. The second-order valence-electron chi connectivity index (χ2n) is 4.61. The van der Waals surface area contributed by atoms with Crippen molar-refractivity contribution in [2.45, 2.75) is 25.5 Å². The molecule has 1 aliphatic rings. The van der Waals surface area contributed by atoms with Crippen LogP contribution in [0.5, 0.6) is 0 Å². The zero-order chi connectivity index (χ0) is 13.7. The van der Waals surface area contributed by atoms with Crippen LogP contribution >= 0.6 is 0 Å². The van der Waals surface area contributed by atoms with Crippen molar-refractivity contribution in [3.63, 3.8) is 0 Å². The zero-order valence-electron chi connectivity index (χ0n) is 11.2. The molecule has 1 aromatic carbocycles. The molecule has 1 heterocycles. The molecule has 98 valence electrons. The summed E-state index contributed by atoms with van der Waals surface area (Å²) in [6, 6.07) is 12.2. The SMILES string of the molecule is C/C(=N\OCc1ccccc1)C1(C#N)CC=CN1C. The van der Waals surface area contributed by atoms with E-state index in [0.29, 0.717) is 18.7 Å². The highest BCUT2D eigenvalue weighted by molar-refractivity contribution is 5.94. The lowest BCUT2D eigenvalue weighted by atomic mass is 9.93. The minimum atomic E-state index is -0.698. The van der Waals surface area contributed by atoms with Gasteiger partial charge in [-0.1, -0.05) is 41.6 Å². The monoisotopic (exact) mass is 255 g/mol. The number of rotatable bonds is 4. The number of oxime groups is 1. The first-order chi connectivity index (χ1) is 9.19. The van der Waals surface area contributed by atoms with Gasteiger partial charge in [-0.3, -0.25) is 0 Å². The molecular weight excluding hydrogens is 238 g/mol. The van der Waals surface area contributed by atoms with Gasteiger partial charge in [0.1, 0.15) is 6.61 Å². The van der Waals surface area contributed by atoms with E-state index in [2.05, 4.69) is 11.2 Å². The van der Waals surface area contributed by atoms with Crippen LogP contribution < -0.4 is 0 Å². The third-order valence-corrected chi connectivity index (χ3v) is 3.40. The second-order valence-corrected chi connectivity index (χ2v) is 4.61. The van der Waals surface area contributed by atoms with Gasteiger partial charge in [0.15, 0.2) is 5.54 Å². The number of hydrogen-bond acceptors (Lipinski definition) is 4. The molecule has 0 bridgehead atoms. The van der Waals surface area contributed by atoms with E-state index < -0.39 is 5.54 Å². The molecule has 19 heavy (non-hydrogen) atoms. The van der Waals surface area contributed by atoms with E-state index in [0.717, 1.165) is 5.56 Å². The minimum Gasteiger partial charge on any atom is -0.391 e. The average molecular weight is 255 g/mol. The van der Waals surface area contributed by atoms with Crippen LogP contribution in [0.1, 0.15) is 18.9 Å². The Bertz CT molecular complexity index is 530. The topological polar surface area (TPSA) is 48.6 Å². The van der Waals surface area contributed by atoms with E-state index in [1.165, 1.54) is 0 Å². The van der Waals surface area contributed by atoms with Crippen molar-refractivity contribution in [3.05, 3.63) is 48.2 Å². The summed E-state index contributed by atoms with van der Waals surface area (Å²) in [5, 5.41) is 13.5. The van der Waals surface area contributed by atoms with E-state index in [-0.39, 0.29) is 0 Å². The maximum absolute atomic E-state index is 9.41. The highest BCUT2D eigenvalue weighted by Gasteiger charge is 2.39. The summed E-state index contributed by atoms with van der Waals surface area (Å²) in [6.45, 7) is 2.24. The third kappa shape index (κ3) is 2.60. The highest BCUT2D eigenvalue weighted by atomic mass is 16.6. The van der Waals surface area contributed by atoms with Crippen LogP contribution in [0, 0.1) is 11.3 Å². The fourth-order valence-corrected chi connectivity index (χ4v) is 2.11. The lowest BCUT2D eigenvalue weighted by Gasteiger charge is -2.29. The van der Waals surface area contributed by atoms with Crippen molar-refractivity contribution in [3.8, 4) is 6.07 Å². The maximum atomic E-state index is 9.41. The fourth-order valence-electron chi connectivity index (χ4n) is 2.11. The first-order valence-corrected chi connectivity index (χ1v) is 6.21. The van der Waals surface area contributed by atoms with E-state index >= 15 is 0 Å². The van der Waals surface area contributed by atoms with E-state index in [9.17, 15) is 5.26 Å². The smallest absolute Gasteiger partial charge is 0.172 e. The van der Waals surface area contributed by atoms with Gasteiger partial charge in [-0.2, -0.15) is 5.26 Å². The minimum absolute atomic E-state index is 0.414. The van der Waals surface area contributed by atoms with Gasteiger partial charge in [0.05, 0.1) is 11.8 Å². The lowest BCUT2D eigenvalue weighted by molar-refractivity contribution is 0.127. The summed E-state index contributed by atoms with van der Waals surface area (Å²) >= 11 is 0. The number of hydrogen-bond donors (Lipinski definition) is 0. The molecule has 0 fully saturated rings. The van der Waals surface area contributed by atoms with Crippen LogP contribution in [0.15, 0.2) is 47.8 Å². The van der Waals surface area contributed by atoms with Gasteiger partial charge in [0.2, 0.25) is 0 Å². The van der Waals surface area contributed by atoms with Gasteiger partial charge in [-0.25, -0.2) is 0 Å². The second kappa shape index (κ2) is 5.57. The van der Waals surface area contributed by atoms with Crippen molar-refractivity contribution in [1.82, 2.24) is 4.90 Å². The molecule has 0 radical (unpaired) electrons. The molecule has 1 unspecified atom stereocenters. The zero-order valence-corrected chi connectivity index (χ0v) is 11.2. The Balaban J connectivity index is 2.02. The Morgan fingerprint density at radius 3 is 2.79 bits per heavy atom. The first kappa shape index (κ1) is 13.2. The Labute approximate surface area is 113 Å². The molecule has 0 spiro atoms. The van der Waals surface area contributed by atoms with E-state index in [4.69, 9.17) is 4.84 Å². The third-order valence-electron chi connectivity index (χ3n) is 3.40. The Kier molecular flexibility index (Phi) is 3.86. The summed E-state index contributed by atoms with van der Waals surface area (Å²) in [5.74, 6) is 0. The maximum Gasteiger partial charge on any atom is 0.172 e. The van der Waals surface area contributed by atoms with Crippen LogP contribution in [-0.2, 0) is 11.4 Å². The van der Waals surface area contributed by atoms with Gasteiger partial charge in [-0.15, -0.1) is 0 Å². The molecule has 0 saturated heterocycles. The Morgan fingerprint density at radius 1 is 1.47 bits per heavy atom. The average Bonchev–Trinajstić information content (AvgIpc) is 2.82. The van der Waals surface area contributed by atoms with Gasteiger partial charge >= 0.3 is 0 Å². The number of nitrogens with zero attached hydrogens (tertiary/aromatic N) is 3. The predicted octanol–water partition coefficient (Wildman–Crippen LogP) is 2.69. The lowest BCUT2D eigenvalue weighted by Crippen LogP contribution is -2.45. The van der Waals surface area contributed by atoms with Crippen LogP contribution in [0.3, 0.4) is 0 Å². The van der Waals surface area contributed by atoms with Gasteiger partial charge in [0.25, 0.3) is 0 Å². The normalized spacial score (nSPS) is 22.4. The quantitative estimate of drug-likeness (QED) is 0.614. The van der Waals surface area contributed by atoms with Crippen LogP contribution in [0.4, 0.5) is 0 Å². The van der Waals surface area contributed by atoms with Crippen LogP contribution in [0.25, 0.3) is 0 Å². The molecule has 0 N–H and O–H groups in total.